The fourth-order valence-corrected chi connectivity index (χ4v) is 3.15. The highest BCUT2D eigenvalue weighted by Gasteiger charge is 2.18. The average molecular weight is 363 g/mol. The Kier molecular flexibility index (Phi) is 5.15. The summed E-state index contributed by atoms with van der Waals surface area (Å²) in [5.41, 5.74) is 1.65. The zero-order valence-electron chi connectivity index (χ0n) is 15.0. The van der Waals surface area contributed by atoms with Crippen molar-refractivity contribution < 1.29 is 0 Å². The lowest BCUT2D eigenvalue weighted by Gasteiger charge is -2.34. The van der Waals surface area contributed by atoms with Gasteiger partial charge in [-0.25, -0.2) is 14.6 Å². The first-order valence-electron chi connectivity index (χ1n) is 9.02. The molecule has 0 atom stereocenters. The van der Waals surface area contributed by atoms with E-state index in [0.717, 1.165) is 49.9 Å². The van der Waals surface area contributed by atoms with Gasteiger partial charge < -0.3 is 4.90 Å². The molecule has 1 aliphatic heterocycles. The highest BCUT2D eigenvalue weighted by molar-refractivity contribution is 5.56. The molecule has 0 bridgehead atoms. The molecule has 0 saturated carbocycles. The largest absolute Gasteiger partial charge is 0.338 e. The highest BCUT2D eigenvalue weighted by Crippen LogP contribution is 2.13. The van der Waals surface area contributed by atoms with Crippen LogP contribution in [0.1, 0.15) is 0 Å². The van der Waals surface area contributed by atoms with Gasteiger partial charge >= 0.3 is 0 Å². The third-order valence-corrected chi connectivity index (χ3v) is 4.68. The lowest BCUT2D eigenvalue weighted by Crippen LogP contribution is -2.48. The van der Waals surface area contributed by atoms with Gasteiger partial charge in [0.15, 0.2) is 0 Å². The van der Waals surface area contributed by atoms with Crippen LogP contribution in [0.5, 0.6) is 0 Å². The molecule has 3 aromatic rings. The van der Waals surface area contributed by atoms with Crippen molar-refractivity contribution in [3.8, 4) is 11.3 Å². The first-order valence-corrected chi connectivity index (χ1v) is 9.02. The molecule has 4 heterocycles. The summed E-state index contributed by atoms with van der Waals surface area (Å²) < 4.78 is 1.54. The summed E-state index contributed by atoms with van der Waals surface area (Å²) in [6.45, 7) is 4.94. The Labute approximate surface area is 157 Å². The summed E-state index contributed by atoms with van der Waals surface area (Å²) in [5, 5.41) is 4.51. The summed E-state index contributed by atoms with van der Waals surface area (Å²) in [5.74, 6) is 0.778. The van der Waals surface area contributed by atoms with E-state index in [0.29, 0.717) is 6.54 Å². The van der Waals surface area contributed by atoms with Crippen molar-refractivity contribution in [1.82, 2.24) is 29.6 Å². The summed E-state index contributed by atoms with van der Waals surface area (Å²) in [7, 11) is 0. The highest BCUT2D eigenvalue weighted by atomic mass is 16.1. The Hall–Kier alpha value is -3.13. The number of piperazine rings is 1. The molecule has 8 heteroatoms. The maximum atomic E-state index is 12.2. The second kappa shape index (κ2) is 8.05. The number of aromatic nitrogens is 5. The Bertz CT molecular complexity index is 922. The molecule has 138 valence electrons. The Balaban J connectivity index is 1.36. The van der Waals surface area contributed by atoms with E-state index >= 15 is 0 Å². The number of pyridine rings is 1. The maximum Gasteiger partial charge on any atom is 0.266 e. The molecule has 0 aromatic carbocycles. The van der Waals surface area contributed by atoms with Gasteiger partial charge in [-0.3, -0.25) is 14.7 Å². The monoisotopic (exact) mass is 363 g/mol. The molecule has 0 spiro atoms. The second-order valence-corrected chi connectivity index (χ2v) is 6.39. The predicted molar refractivity (Wildman–Crippen MR) is 102 cm³/mol. The van der Waals surface area contributed by atoms with Gasteiger partial charge in [-0.15, -0.1) is 0 Å². The van der Waals surface area contributed by atoms with Crippen LogP contribution in [0, 0.1) is 0 Å². The average Bonchev–Trinajstić information content (AvgIpc) is 2.75. The van der Waals surface area contributed by atoms with Gasteiger partial charge in [-0.2, -0.15) is 5.10 Å². The van der Waals surface area contributed by atoms with Crippen LogP contribution in [0.3, 0.4) is 0 Å². The summed E-state index contributed by atoms with van der Waals surface area (Å²) >= 11 is 0. The van der Waals surface area contributed by atoms with Crippen LogP contribution in [0.15, 0.2) is 59.9 Å². The minimum Gasteiger partial charge on any atom is -0.338 e. The van der Waals surface area contributed by atoms with Crippen molar-refractivity contribution in [2.45, 2.75) is 6.54 Å². The van der Waals surface area contributed by atoms with Crippen LogP contribution >= 0.6 is 0 Å². The number of hydrogen-bond donors (Lipinski definition) is 0. The molecule has 4 rings (SSSR count). The van der Waals surface area contributed by atoms with E-state index in [1.165, 1.54) is 0 Å². The maximum absolute atomic E-state index is 12.2. The number of nitrogens with zero attached hydrogens (tertiary/aromatic N) is 7. The molecule has 0 unspecified atom stereocenters. The van der Waals surface area contributed by atoms with E-state index < -0.39 is 0 Å². The molecule has 1 fully saturated rings. The van der Waals surface area contributed by atoms with Crippen LogP contribution in [0.25, 0.3) is 11.3 Å². The third kappa shape index (κ3) is 4.17. The van der Waals surface area contributed by atoms with Crippen molar-refractivity contribution in [3.05, 3.63) is 65.5 Å². The van der Waals surface area contributed by atoms with Gasteiger partial charge in [0.05, 0.1) is 12.2 Å². The van der Waals surface area contributed by atoms with Gasteiger partial charge in [-0.1, -0.05) is 0 Å². The van der Waals surface area contributed by atoms with E-state index in [-0.39, 0.29) is 5.56 Å². The first-order chi connectivity index (χ1) is 13.3. The fraction of sp³-hybridized carbons (Fsp3) is 0.316. The van der Waals surface area contributed by atoms with E-state index in [1.807, 2.05) is 18.2 Å². The SMILES string of the molecule is O=c1ccc(-c2ccncc2)nn1CCN1CCN(c2ncccn2)CC1. The zero-order valence-corrected chi connectivity index (χ0v) is 15.0. The Morgan fingerprint density at radius 1 is 0.852 bits per heavy atom. The normalized spacial score (nSPS) is 15.0. The number of rotatable bonds is 5. The molecule has 0 radical (unpaired) electrons. The van der Waals surface area contributed by atoms with Crippen LogP contribution in [-0.2, 0) is 6.54 Å². The molecule has 8 nitrogen and oxygen atoms in total. The van der Waals surface area contributed by atoms with Crippen molar-refractivity contribution in [2.24, 2.45) is 0 Å². The van der Waals surface area contributed by atoms with Crippen LogP contribution in [0.2, 0.25) is 0 Å². The lowest BCUT2D eigenvalue weighted by atomic mass is 10.2. The molecule has 1 saturated heterocycles. The summed E-state index contributed by atoms with van der Waals surface area (Å²) in [4.78, 5) is 29.3. The third-order valence-electron chi connectivity index (χ3n) is 4.68. The number of anilines is 1. The zero-order chi connectivity index (χ0) is 18.5. The van der Waals surface area contributed by atoms with Gasteiger partial charge in [0.25, 0.3) is 5.56 Å². The van der Waals surface area contributed by atoms with Crippen LogP contribution in [0.4, 0.5) is 5.95 Å². The molecule has 3 aromatic heterocycles. The lowest BCUT2D eigenvalue weighted by molar-refractivity contribution is 0.242. The van der Waals surface area contributed by atoms with Crippen molar-refractivity contribution in [3.63, 3.8) is 0 Å². The molecule has 1 aliphatic rings. The van der Waals surface area contributed by atoms with Crippen LogP contribution < -0.4 is 10.5 Å². The molecule has 27 heavy (non-hydrogen) atoms. The van der Waals surface area contributed by atoms with E-state index in [9.17, 15) is 4.79 Å². The van der Waals surface area contributed by atoms with Gasteiger partial charge in [0.2, 0.25) is 5.95 Å². The summed E-state index contributed by atoms with van der Waals surface area (Å²) in [6.07, 6.45) is 6.98. The van der Waals surface area contributed by atoms with E-state index in [2.05, 4.69) is 29.9 Å². The van der Waals surface area contributed by atoms with Gasteiger partial charge in [-0.05, 0) is 24.3 Å². The molecule has 0 amide bonds. The molecule has 0 N–H and O–H groups in total. The van der Waals surface area contributed by atoms with Crippen LogP contribution in [-0.4, -0.2) is 62.4 Å². The molecule has 0 aliphatic carbocycles. The minimum atomic E-state index is -0.0795. The number of hydrogen-bond acceptors (Lipinski definition) is 7. The molecular weight excluding hydrogens is 342 g/mol. The van der Waals surface area contributed by atoms with E-state index in [4.69, 9.17) is 0 Å². The molecular formula is C19H21N7O. The topological polar surface area (TPSA) is 80.0 Å². The van der Waals surface area contributed by atoms with Gasteiger partial charge in [0, 0.05) is 69.1 Å². The predicted octanol–water partition coefficient (Wildman–Crippen LogP) is 0.917. The van der Waals surface area contributed by atoms with Gasteiger partial charge in [0.1, 0.15) is 0 Å². The Morgan fingerprint density at radius 3 is 2.33 bits per heavy atom. The fourth-order valence-electron chi connectivity index (χ4n) is 3.15. The second-order valence-electron chi connectivity index (χ2n) is 6.39. The van der Waals surface area contributed by atoms with Crippen molar-refractivity contribution in [2.75, 3.05) is 37.6 Å². The van der Waals surface area contributed by atoms with Crippen molar-refractivity contribution >= 4 is 5.95 Å². The standard InChI is InChI=1S/C19H21N7O/c27-18-3-2-17(16-4-8-20-9-5-16)23-26(18)15-12-24-10-13-25(14-11-24)19-21-6-1-7-22-19/h1-9H,10-15H2. The van der Waals surface area contributed by atoms with Crippen molar-refractivity contribution in [1.29, 1.82) is 0 Å². The minimum absolute atomic E-state index is 0.0795. The van der Waals surface area contributed by atoms with E-state index in [1.54, 1.807) is 41.6 Å². The first kappa shape index (κ1) is 17.3. The summed E-state index contributed by atoms with van der Waals surface area (Å²) in [6, 6.07) is 8.94. The smallest absolute Gasteiger partial charge is 0.266 e. The Morgan fingerprint density at radius 2 is 1.59 bits per heavy atom. The quantitative estimate of drug-likeness (QED) is 0.667.